The fourth-order valence-corrected chi connectivity index (χ4v) is 2.74. The Hall–Kier alpha value is -2.66. The molecule has 0 aliphatic heterocycles. The number of hydrogen-bond donors (Lipinski definition) is 2. The number of furan rings is 1. The first-order valence-electron chi connectivity index (χ1n) is 7.75. The molecule has 24 heavy (non-hydrogen) atoms. The molecule has 3 rings (SSSR count). The Balaban J connectivity index is 2.04. The van der Waals surface area contributed by atoms with Crippen molar-refractivity contribution in [2.24, 2.45) is 0 Å². The number of aliphatic hydroxyl groups excluding tert-OH is 1. The van der Waals surface area contributed by atoms with E-state index in [1.54, 1.807) is 25.3 Å². The molecule has 1 aromatic heterocycles. The molecule has 5 nitrogen and oxygen atoms in total. The zero-order valence-electron chi connectivity index (χ0n) is 13.7. The third kappa shape index (κ3) is 3.03. The number of benzene rings is 2. The lowest BCUT2D eigenvalue weighted by molar-refractivity contribution is 0.287. The lowest BCUT2D eigenvalue weighted by Crippen LogP contribution is -1.94. The highest BCUT2D eigenvalue weighted by molar-refractivity contribution is 5.85. The van der Waals surface area contributed by atoms with Gasteiger partial charge in [-0.2, -0.15) is 0 Å². The minimum Gasteiger partial charge on any atom is -0.504 e. The molecule has 0 atom stereocenters. The summed E-state index contributed by atoms with van der Waals surface area (Å²) in [6.07, 6.45) is 1.39. The molecule has 5 heteroatoms. The average Bonchev–Trinajstić information content (AvgIpc) is 3.02. The number of phenols is 1. The minimum absolute atomic E-state index is 0.0883. The van der Waals surface area contributed by atoms with Gasteiger partial charge in [-0.3, -0.25) is 0 Å². The Bertz CT molecular complexity index is 850. The maximum absolute atomic E-state index is 9.72. The molecule has 0 saturated heterocycles. The van der Waals surface area contributed by atoms with Crippen LogP contribution in [0.15, 0.2) is 40.8 Å². The lowest BCUT2D eigenvalue weighted by Gasteiger charge is -2.07. The van der Waals surface area contributed by atoms with Crippen molar-refractivity contribution in [2.45, 2.75) is 12.8 Å². The van der Waals surface area contributed by atoms with Crippen molar-refractivity contribution in [2.75, 3.05) is 20.8 Å². The second kappa shape index (κ2) is 6.84. The van der Waals surface area contributed by atoms with Gasteiger partial charge in [-0.1, -0.05) is 0 Å². The van der Waals surface area contributed by atoms with Gasteiger partial charge in [0.05, 0.1) is 14.2 Å². The molecule has 0 saturated carbocycles. The van der Waals surface area contributed by atoms with Gasteiger partial charge in [0, 0.05) is 17.6 Å². The number of fused-ring (bicyclic) bond motifs is 1. The maximum atomic E-state index is 9.72. The zero-order valence-corrected chi connectivity index (χ0v) is 13.7. The summed E-state index contributed by atoms with van der Waals surface area (Å²) in [4.78, 5) is 0. The Labute approximate surface area is 140 Å². The van der Waals surface area contributed by atoms with Crippen LogP contribution in [0.1, 0.15) is 12.0 Å². The molecule has 0 bridgehead atoms. The van der Waals surface area contributed by atoms with E-state index in [0.29, 0.717) is 17.9 Å². The number of aliphatic hydroxyl groups is 1. The highest BCUT2D eigenvalue weighted by atomic mass is 16.5. The zero-order chi connectivity index (χ0) is 17.1. The number of methoxy groups -OCH3 is 2. The van der Waals surface area contributed by atoms with Crippen molar-refractivity contribution in [1.82, 2.24) is 0 Å². The third-order valence-electron chi connectivity index (χ3n) is 3.99. The standard InChI is InChI=1S/C19H20O5/c1-22-16-10-14-11-17(13-5-6-15(21)19(9-13)23-2)24-18(14)8-12(16)4-3-7-20/h5-6,8-11,20-21H,3-4,7H2,1-2H3. The molecule has 3 aromatic rings. The summed E-state index contributed by atoms with van der Waals surface area (Å²) in [5, 5.41) is 19.7. The summed E-state index contributed by atoms with van der Waals surface area (Å²) in [5.74, 6) is 1.95. The molecule has 1 heterocycles. The predicted octanol–water partition coefficient (Wildman–Crippen LogP) is 3.75. The van der Waals surface area contributed by atoms with E-state index in [9.17, 15) is 5.11 Å². The Kier molecular flexibility index (Phi) is 4.62. The Morgan fingerprint density at radius 1 is 1.00 bits per heavy atom. The second-order valence-corrected chi connectivity index (χ2v) is 5.53. The molecule has 0 aliphatic rings. The van der Waals surface area contributed by atoms with Crippen molar-refractivity contribution in [1.29, 1.82) is 0 Å². The van der Waals surface area contributed by atoms with E-state index in [2.05, 4.69) is 0 Å². The van der Waals surface area contributed by atoms with Crippen LogP contribution < -0.4 is 9.47 Å². The number of aryl methyl sites for hydroxylation is 1. The van der Waals surface area contributed by atoms with Gasteiger partial charge in [0.2, 0.25) is 0 Å². The van der Waals surface area contributed by atoms with Crippen LogP contribution in [0.2, 0.25) is 0 Å². The van der Waals surface area contributed by atoms with E-state index in [-0.39, 0.29) is 12.4 Å². The van der Waals surface area contributed by atoms with Gasteiger partial charge in [-0.05, 0) is 54.8 Å². The Morgan fingerprint density at radius 3 is 2.50 bits per heavy atom. The highest BCUT2D eigenvalue weighted by Crippen LogP contribution is 2.36. The number of phenolic OH excluding ortho intramolecular Hbond substituents is 1. The summed E-state index contributed by atoms with van der Waals surface area (Å²) < 4.78 is 16.5. The van der Waals surface area contributed by atoms with Gasteiger partial charge in [-0.15, -0.1) is 0 Å². The first-order chi connectivity index (χ1) is 11.7. The smallest absolute Gasteiger partial charge is 0.161 e. The molecule has 0 aliphatic carbocycles. The molecule has 0 spiro atoms. The van der Waals surface area contributed by atoms with E-state index in [1.807, 2.05) is 18.2 Å². The predicted molar refractivity (Wildman–Crippen MR) is 91.8 cm³/mol. The van der Waals surface area contributed by atoms with Crippen molar-refractivity contribution < 1.29 is 24.1 Å². The van der Waals surface area contributed by atoms with Crippen LogP contribution in [0.4, 0.5) is 0 Å². The third-order valence-corrected chi connectivity index (χ3v) is 3.99. The summed E-state index contributed by atoms with van der Waals surface area (Å²) in [7, 11) is 3.14. The van der Waals surface area contributed by atoms with Crippen LogP contribution in [0, 0.1) is 0 Å². The largest absolute Gasteiger partial charge is 0.504 e. The Morgan fingerprint density at radius 2 is 1.79 bits per heavy atom. The summed E-state index contributed by atoms with van der Waals surface area (Å²) >= 11 is 0. The number of hydrogen-bond acceptors (Lipinski definition) is 5. The topological polar surface area (TPSA) is 72.1 Å². The van der Waals surface area contributed by atoms with Gasteiger partial charge in [-0.25, -0.2) is 0 Å². The SMILES string of the molecule is COc1cc(-c2cc3cc(OC)c(CCCO)cc3o2)ccc1O. The minimum atomic E-state index is 0.0883. The quantitative estimate of drug-likeness (QED) is 0.721. The molecular formula is C19H20O5. The summed E-state index contributed by atoms with van der Waals surface area (Å²) in [6, 6.07) is 10.9. The molecule has 2 aromatic carbocycles. The van der Waals surface area contributed by atoms with E-state index in [1.165, 1.54) is 7.11 Å². The molecule has 0 amide bonds. The van der Waals surface area contributed by atoms with Crippen molar-refractivity contribution in [3.05, 3.63) is 42.0 Å². The highest BCUT2D eigenvalue weighted by Gasteiger charge is 2.13. The van der Waals surface area contributed by atoms with Crippen LogP contribution in [-0.4, -0.2) is 31.0 Å². The average molecular weight is 328 g/mol. The number of rotatable bonds is 6. The van der Waals surface area contributed by atoms with Gasteiger partial charge in [0.1, 0.15) is 17.1 Å². The molecule has 0 radical (unpaired) electrons. The van der Waals surface area contributed by atoms with Gasteiger partial charge >= 0.3 is 0 Å². The van der Waals surface area contributed by atoms with Gasteiger partial charge in [0.25, 0.3) is 0 Å². The van der Waals surface area contributed by atoms with Crippen molar-refractivity contribution in [3.63, 3.8) is 0 Å². The molecule has 126 valence electrons. The van der Waals surface area contributed by atoms with Crippen molar-refractivity contribution >= 4 is 11.0 Å². The van der Waals surface area contributed by atoms with Crippen molar-refractivity contribution in [3.8, 4) is 28.6 Å². The van der Waals surface area contributed by atoms with Crippen LogP contribution in [0.3, 0.4) is 0 Å². The second-order valence-electron chi connectivity index (χ2n) is 5.53. The maximum Gasteiger partial charge on any atom is 0.161 e. The van der Waals surface area contributed by atoms with Crippen LogP contribution >= 0.6 is 0 Å². The molecule has 2 N–H and O–H groups in total. The van der Waals surface area contributed by atoms with Gasteiger partial charge < -0.3 is 24.1 Å². The van der Waals surface area contributed by atoms with E-state index >= 15 is 0 Å². The summed E-state index contributed by atoms with van der Waals surface area (Å²) in [5.41, 5.74) is 2.57. The van der Waals surface area contributed by atoms with Crippen LogP contribution in [-0.2, 0) is 6.42 Å². The van der Waals surface area contributed by atoms with E-state index < -0.39 is 0 Å². The summed E-state index contributed by atoms with van der Waals surface area (Å²) in [6.45, 7) is 0.137. The lowest BCUT2D eigenvalue weighted by atomic mass is 10.1. The monoisotopic (exact) mass is 328 g/mol. The van der Waals surface area contributed by atoms with Gasteiger partial charge in [0.15, 0.2) is 11.5 Å². The number of ether oxygens (including phenoxy) is 2. The number of aromatic hydroxyl groups is 1. The van der Waals surface area contributed by atoms with E-state index in [0.717, 1.165) is 34.3 Å². The molecule has 0 fully saturated rings. The van der Waals surface area contributed by atoms with E-state index in [4.69, 9.17) is 19.0 Å². The molecule has 0 unspecified atom stereocenters. The first kappa shape index (κ1) is 16.2. The first-order valence-corrected chi connectivity index (χ1v) is 7.75. The normalized spacial score (nSPS) is 11.0. The molecular weight excluding hydrogens is 308 g/mol. The fraction of sp³-hybridized carbons (Fsp3) is 0.263. The van der Waals surface area contributed by atoms with Crippen LogP contribution in [0.25, 0.3) is 22.3 Å². The fourth-order valence-electron chi connectivity index (χ4n) is 2.74. The van der Waals surface area contributed by atoms with Crippen LogP contribution in [0.5, 0.6) is 17.2 Å².